The van der Waals surface area contributed by atoms with Crippen LogP contribution in [0, 0.1) is 5.82 Å². The van der Waals surface area contributed by atoms with Crippen LogP contribution in [0.25, 0.3) is 0 Å². The Balaban J connectivity index is 1.72. The molecule has 130 valence electrons. The first-order valence-electron chi connectivity index (χ1n) is 7.51. The molecule has 6 nitrogen and oxygen atoms in total. The third-order valence-corrected chi connectivity index (χ3v) is 4.92. The Bertz CT molecular complexity index is 1010. The molecular formula is C17H10ClFN4O2S. The Morgan fingerprint density at radius 1 is 1.15 bits per heavy atom. The summed E-state index contributed by atoms with van der Waals surface area (Å²) in [6, 6.07) is 10.7. The number of carbonyl (C=O) groups excluding carboxylic acids is 2. The SMILES string of the molecule is O=C1Nc2ccc(F)cc2C1=NN=C1SCC(=O)N1c1cccc(Cl)c1. The van der Waals surface area contributed by atoms with Crippen molar-refractivity contribution in [1.82, 2.24) is 0 Å². The van der Waals surface area contributed by atoms with Crippen molar-refractivity contribution in [2.75, 3.05) is 16.0 Å². The third kappa shape index (κ3) is 2.97. The molecule has 9 heteroatoms. The maximum Gasteiger partial charge on any atom is 0.276 e. The number of hydrogen-bond acceptors (Lipinski definition) is 5. The first kappa shape index (κ1) is 16.7. The van der Waals surface area contributed by atoms with Gasteiger partial charge in [-0.05, 0) is 36.4 Å². The minimum atomic E-state index is -0.480. The number of carbonyl (C=O) groups is 2. The van der Waals surface area contributed by atoms with Gasteiger partial charge in [-0.25, -0.2) is 4.39 Å². The van der Waals surface area contributed by atoms with Crippen molar-refractivity contribution in [3.8, 4) is 0 Å². The molecule has 0 atom stereocenters. The van der Waals surface area contributed by atoms with E-state index in [1.807, 2.05) is 0 Å². The van der Waals surface area contributed by atoms with E-state index in [1.54, 1.807) is 24.3 Å². The van der Waals surface area contributed by atoms with E-state index in [9.17, 15) is 14.0 Å². The van der Waals surface area contributed by atoms with Crippen molar-refractivity contribution in [2.45, 2.75) is 0 Å². The molecule has 1 saturated heterocycles. The Kier molecular flexibility index (Phi) is 4.21. The first-order valence-corrected chi connectivity index (χ1v) is 8.87. The fraction of sp³-hybridized carbons (Fsp3) is 0.0588. The van der Waals surface area contributed by atoms with Crippen molar-refractivity contribution in [3.63, 3.8) is 0 Å². The van der Waals surface area contributed by atoms with Gasteiger partial charge in [-0.15, -0.1) is 10.2 Å². The summed E-state index contributed by atoms with van der Waals surface area (Å²) in [6.45, 7) is 0. The monoisotopic (exact) mass is 388 g/mol. The molecule has 26 heavy (non-hydrogen) atoms. The molecular weight excluding hydrogens is 379 g/mol. The zero-order chi connectivity index (χ0) is 18.3. The van der Waals surface area contributed by atoms with Gasteiger partial charge < -0.3 is 5.32 Å². The molecule has 0 aliphatic carbocycles. The minimum absolute atomic E-state index is 0.00186. The summed E-state index contributed by atoms with van der Waals surface area (Å²) in [5, 5.41) is 11.5. The Morgan fingerprint density at radius 2 is 2.00 bits per heavy atom. The van der Waals surface area contributed by atoms with Crippen LogP contribution in [0.3, 0.4) is 0 Å². The van der Waals surface area contributed by atoms with Crippen LogP contribution in [0.5, 0.6) is 0 Å². The van der Waals surface area contributed by atoms with Crippen LogP contribution < -0.4 is 10.2 Å². The predicted octanol–water partition coefficient (Wildman–Crippen LogP) is 3.27. The van der Waals surface area contributed by atoms with Crippen LogP contribution in [0.2, 0.25) is 5.02 Å². The highest BCUT2D eigenvalue weighted by atomic mass is 35.5. The predicted molar refractivity (Wildman–Crippen MR) is 100 cm³/mol. The second-order valence-electron chi connectivity index (χ2n) is 5.47. The van der Waals surface area contributed by atoms with Crippen molar-refractivity contribution >= 4 is 57.4 Å². The van der Waals surface area contributed by atoms with E-state index in [0.29, 0.717) is 27.1 Å². The quantitative estimate of drug-likeness (QED) is 0.802. The van der Waals surface area contributed by atoms with E-state index in [1.165, 1.54) is 34.9 Å². The number of rotatable bonds is 2. The summed E-state index contributed by atoms with van der Waals surface area (Å²) in [4.78, 5) is 25.7. The van der Waals surface area contributed by atoms with Crippen LogP contribution in [-0.4, -0.2) is 28.4 Å². The fourth-order valence-electron chi connectivity index (χ4n) is 2.62. The van der Waals surface area contributed by atoms with Gasteiger partial charge in [-0.1, -0.05) is 29.4 Å². The maximum absolute atomic E-state index is 13.5. The molecule has 2 heterocycles. The van der Waals surface area contributed by atoms with Gasteiger partial charge in [-0.3, -0.25) is 14.5 Å². The van der Waals surface area contributed by atoms with Crippen molar-refractivity contribution in [3.05, 3.63) is 58.9 Å². The number of anilines is 2. The molecule has 0 saturated carbocycles. The maximum atomic E-state index is 13.5. The smallest absolute Gasteiger partial charge is 0.276 e. The molecule has 0 aromatic heterocycles. The number of thioether (sulfide) groups is 1. The molecule has 0 spiro atoms. The topological polar surface area (TPSA) is 74.1 Å². The van der Waals surface area contributed by atoms with Gasteiger partial charge in [0.25, 0.3) is 5.91 Å². The van der Waals surface area contributed by atoms with Gasteiger partial charge in [0.2, 0.25) is 5.91 Å². The standard InChI is InChI=1S/C17H10ClFN4O2S/c18-9-2-1-3-11(6-9)23-14(24)8-26-17(23)22-21-15-12-7-10(19)4-5-13(12)20-16(15)25/h1-7H,8H2,(H,20,21,25). The van der Waals surface area contributed by atoms with E-state index in [2.05, 4.69) is 15.5 Å². The lowest BCUT2D eigenvalue weighted by molar-refractivity contribution is -0.115. The zero-order valence-corrected chi connectivity index (χ0v) is 14.6. The van der Waals surface area contributed by atoms with Gasteiger partial charge in [-0.2, -0.15) is 0 Å². The molecule has 1 fully saturated rings. The lowest BCUT2D eigenvalue weighted by Gasteiger charge is -2.15. The summed E-state index contributed by atoms with van der Waals surface area (Å²) in [6.07, 6.45) is 0. The number of halogens is 2. The van der Waals surface area contributed by atoms with Crippen LogP contribution in [0.15, 0.2) is 52.7 Å². The highest BCUT2D eigenvalue weighted by Gasteiger charge is 2.31. The van der Waals surface area contributed by atoms with Gasteiger partial charge in [0.05, 0.1) is 17.1 Å². The lowest BCUT2D eigenvalue weighted by Crippen LogP contribution is -2.29. The minimum Gasteiger partial charge on any atom is -0.320 e. The summed E-state index contributed by atoms with van der Waals surface area (Å²) >= 11 is 7.19. The number of fused-ring (bicyclic) bond motifs is 1. The number of nitrogens with one attached hydrogen (secondary N) is 1. The lowest BCUT2D eigenvalue weighted by atomic mass is 10.1. The average molecular weight is 389 g/mol. The van der Waals surface area contributed by atoms with E-state index < -0.39 is 11.7 Å². The van der Waals surface area contributed by atoms with E-state index >= 15 is 0 Å². The van der Waals surface area contributed by atoms with Crippen molar-refractivity contribution in [1.29, 1.82) is 0 Å². The molecule has 2 aromatic rings. The van der Waals surface area contributed by atoms with Gasteiger partial charge in [0.1, 0.15) is 5.82 Å². The summed E-state index contributed by atoms with van der Waals surface area (Å²) in [5.74, 6) is -0.920. The Morgan fingerprint density at radius 3 is 2.81 bits per heavy atom. The van der Waals surface area contributed by atoms with Crippen molar-refractivity contribution < 1.29 is 14.0 Å². The number of amidine groups is 1. The molecule has 2 aliphatic heterocycles. The highest BCUT2D eigenvalue weighted by Crippen LogP contribution is 2.29. The highest BCUT2D eigenvalue weighted by molar-refractivity contribution is 8.15. The van der Waals surface area contributed by atoms with E-state index in [-0.39, 0.29) is 17.4 Å². The average Bonchev–Trinajstić information content (AvgIpc) is 3.12. The van der Waals surface area contributed by atoms with Crippen LogP contribution in [0.1, 0.15) is 5.56 Å². The normalized spacial score (nSPS) is 19.4. The molecule has 0 bridgehead atoms. The fourth-order valence-corrected chi connectivity index (χ4v) is 3.62. The number of hydrogen-bond donors (Lipinski definition) is 1. The van der Waals surface area contributed by atoms with Crippen LogP contribution >= 0.6 is 23.4 Å². The molecule has 2 amide bonds. The third-order valence-electron chi connectivity index (χ3n) is 3.77. The molecule has 4 rings (SSSR count). The molecule has 0 unspecified atom stereocenters. The Labute approximate surface area is 156 Å². The number of benzene rings is 2. The van der Waals surface area contributed by atoms with Crippen LogP contribution in [0.4, 0.5) is 15.8 Å². The molecule has 2 aliphatic rings. The van der Waals surface area contributed by atoms with E-state index in [4.69, 9.17) is 11.6 Å². The molecule has 1 N–H and O–H groups in total. The summed E-state index contributed by atoms with van der Waals surface area (Å²) in [7, 11) is 0. The number of nitrogens with zero attached hydrogens (tertiary/aromatic N) is 3. The van der Waals surface area contributed by atoms with Gasteiger partial charge >= 0.3 is 0 Å². The van der Waals surface area contributed by atoms with Crippen LogP contribution in [-0.2, 0) is 9.59 Å². The number of amides is 2. The molecule has 2 aromatic carbocycles. The zero-order valence-electron chi connectivity index (χ0n) is 13.1. The van der Waals surface area contributed by atoms with E-state index in [0.717, 1.165) is 0 Å². The Hall–Kier alpha value is -2.71. The van der Waals surface area contributed by atoms with Gasteiger partial charge in [0.15, 0.2) is 10.9 Å². The first-order chi connectivity index (χ1) is 12.5. The molecule has 0 radical (unpaired) electrons. The second-order valence-corrected chi connectivity index (χ2v) is 6.85. The largest absolute Gasteiger partial charge is 0.320 e. The van der Waals surface area contributed by atoms with Gasteiger partial charge in [0, 0.05) is 10.6 Å². The second kappa shape index (κ2) is 6.54. The summed E-state index contributed by atoms with van der Waals surface area (Å²) < 4.78 is 13.5. The van der Waals surface area contributed by atoms with Crippen molar-refractivity contribution in [2.24, 2.45) is 10.2 Å². The summed E-state index contributed by atoms with van der Waals surface area (Å²) in [5.41, 5.74) is 1.37.